The number of nitrogens with one attached hydrogen (secondary N) is 1. The standard InChI is InChI=1S/C11H17N2O9P/c1-19-8-6(5-21-23(16,17)18)22-10(9(8)20-2)13-4-3-7(14)12-11(13)15/h3-4,6,8-10H,5H2,1-2H3,(H,12,14,15)(H2,16,17,18). The highest BCUT2D eigenvalue weighted by atomic mass is 31.2. The molecule has 130 valence electrons. The zero-order valence-corrected chi connectivity index (χ0v) is 13.2. The van der Waals surface area contributed by atoms with E-state index >= 15 is 0 Å². The molecule has 1 fully saturated rings. The van der Waals surface area contributed by atoms with Crippen molar-refractivity contribution in [2.75, 3.05) is 20.8 Å². The Morgan fingerprint density at radius 3 is 2.48 bits per heavy atom. The zero-order chi connectivity index (χ0) is 17.2. The molecule has 4 unspecified atom stereocenters. The summed E-state index contributed by atoms with van der Waals surface area (Å²) in [5.74, 6) is 0. The number of methoxy groups -OCH3 is 2. The van der Waals surface area contributed by atoms with Gasteiger partial charge in [-0.25, -0.2) is 9.36 Å². The van der Waals surface area contributed by atoms with Gasteiger partial charge >= 0.3 is 13.5 Å². The Labute approximate surface area is 130 Å². The van der Waals surface area contributed by atoms with E-state index in [2.05, 4.69) is 9.51 Å². The quantitative estimate of drug-likeness (QED) is 0.524. The Morgan fingerprint density at radius 1 is 1.30 bits per heavy atom. The van der Waals surface area contributed by atoms with Crippen molar-refractivity contribution in [1.29, 1.82) is 0 Å². The fourth-order valence-electron chi connectivity index (χ4n) is 2.40. The molecule has 0 spiro atoms. The van der Waals surface area contributed by atoms with Gasteiger partial charge in [-0.05, 0) is 0 Å². The van der Waals surface area contributed by atoms with Gasteiger partial charge < -0.3 is 24.0 Å². The van der Waals surface area contributed by atoms with Gasteiger partial charge in [0.2, 0.25) is 0 Å². The van der Waals surface area contributed by atoms with E-state index in [4.69, 9.17) is 24.0 Å². The minimum absolute atomic E-state index is 0.461. The van der Waals surface area contributed by atoms with Gasteiger partial charge in [0.05, 0.1) is 6.61 Å². The van der Waals surface area contributed by atoms with Gasteiger partial charge in [0.25, 0.3) is 5.56 Å². The van der Waals surface area contributed by atoms with Crippen LogP contribution in [0.15, 0.2) is 21.9 Å². The van der Waals surface area contributed by atoms with Crippen LogP contribution in [0.4, 0.5) is 0 Å². The van der Waals surface area contributed by atoms with Crippen LogP contribution in [0.5, 0.6) is 0 Å². The number of phosphoric acid groups is 1. The van der Waals surface area contributed by atoms with Gasteiger partial charge in [0, 0.05) is 26.5 Å². The van der Waals surface area contributed by atoms with Crippen molar-refractivity contribution in [3.63, 3.8) is 0 Å². The van der Waals surface area contributed by atoms with Crippen LogP contribution in [-0.2, 0) is 23.3 Å². The molecule has 0 aromatic carbocycles. The van der Waals surface area contributed by atoms with E-state index in [1.807, 2.05) is 0 Å². The molecule has 1 saturated heterocycles. The Hall–Kier alpha value is -1.33. The number of hydrogen-bond acceptors (Lipinski definition) is 7. The number of hydrogen-bond donors (Lipinski definition) is 3. The van der Waals surface area contributed by atoms with E-state index in [0.717, 1.165) is 10.6 Å². The molecule has 2 rings (SSSR count). The summed E-state index contributed by atoms with van der Waals surface area (Å²) < 4.78 is 32.5. The molecule has 0 amide bonds. The molecule has 0 aliphatic carbocycles. The van der Waals surface area contributed by atoms with Crippen LogP contribution < -0.4 is 11.2 Å². The lowest BCUT2D eigenvalue weighted by Gasteiger charge is -2.22. The summed E-state index contributed by atoms with van der Waals surface area (Å²) in [4.78, 5) is 42.7. The first kappa shape index (κ1) is 18.0. The molecule has 3 N–H and O–H groups in total. The van der Waals surface area contributed by atoms with Crippen LogP contribution in [0.1, 0.15) is 6.23 Å². The Morgan fingerprint density at radius 2 is 1.96 bits per heavy atom. The second kappa shape index (κ2) is 7.05. The second-order valence-corrected chi connectivity index (χ2v) is 6.01. The fraction of sp³-hybridized carbons (Fsp3) is 0.636. The van der Waals surface area contributed by atoms with Gasteiger partial charge in [0.1, 0.15) is 18.3 Å². The first-order chi connectivity index (χ1) is 10.8. The number of aromatic nitrogens is 2. The number of ether oxygens (including phenoxy) is 3. The van der Waals surface area contributed by atoms with E-state index in [1.54, 1.807) is 0 Å². The molecule has 1 aromatic rings. The maximum atomic E-state index is 11.9. The van der Waals surface area contributed by atoms with Crippen molar-refractivity contribution in [2.24, 2.45) is 0 Å². The van der Waals surface area contributed by atoms with Crippen LogP contribution in [0.3, 0.4) is 0 Å². The third-order valence-electron chi connectivity index (χ3n) is 3.36. The first-order valence-electron chi connectivity index (χ1n) is 6.49. The molecular weight excluding hydrogens is 335 g/mol. The highest BCUT2D eigenvalue weighted by Crippen LogP contribution is 2.39. The molecule has 12 heteroatoms. The highest BCUT2D eigenvalue weighted by Gasteiger charge is 2.47. The number of rotatable bonds is 6. The molecule has 0 radical (unpaired) electrons. The lowest BCUT2D eigenvalue weighted by Crippen LogP contribution is -2.39. The van der Waals surface area contributed by atoms with E-state index in [0.29, 0.717) is 0 Å². The first-order valence-corrected chi connectivity index (χ1v) is 8.02. The lowest BCUT2D eigenvalue weighted by atomic mass is 10.1. The van der Waals surface area contributed by atoms with Crippen LogP contribution in [0.2, 0.25) is 0 Å². The zero-order valence-electron chi connectivity index (χ0n) is 12.3. The number of phosphoric ester groups is 1. The summed E-state index contributed by atoms with van der Waals surface area (Å²) in [5.41, 5.74) is -1.28. The summed E-state index contributed by atoms with van der Waals surface area (Å²) in [6.07, 6.45) is -2.11. The van der Waals surface area contributed by atoms with Crippen LogP contribution in [-0.4, -0.2) is 58.5 Å². The van der Waals surface area contributed by atoms with Crippen molar-refractivity contribution < 1.29 is 33.1 Å². The fourth-order valence-corrected chi connectivity index (χ4v) is 2.74. The largest absolute Gasteiger partial charge is 0.469 e. The van der Waals surface area contributed by atoms with E-state index in [9.17, 15) is 14.2 Å². The van der Waals surface area contributed by atoms with Gasteiger partial charge in [0.15, 0.2) is 6.23 Å². The number of nitrogens with zero attached hydrogens (tertiary/aromatic N) is 1. The predicted molar refractivity (Wildman–Crippen MR) is 74.8 cm³/mol. The third kappa shape index (κ3) is 4.15. The summed E-state index contributed by atoms with van der Waals surface area (Å²) in [5, 5.41) is 0. The summed E-state index contributed by atoms with van der Waals surface area (Å²) >= 11 is 0. The second-order valence-electron chi connectivity index (χ2n) is 4.77. The molecule has 2 heterocycles. The molecule has 11 nitrogen and oxygen atoms in total. The van der Waals surface area contributed by atoms with Crippen molar-refractivity contribution >= 4 is 7.82 Å². The van der Waals surface area contributed by atoms with E-state index in [-0.39, 0.29) is 0 Å². The smallest absolute Gasteiger partial charge is 0.376 e. The SMILES string of the molecule is COC1C(COP(=O)(O)O)OC(n2ccc(=O)[nH]c2=O)C1OC. The normalized spacial score (nSPS) is 28.2. The molecule has 0 bridgehead atoms. The van der Waals surface area contributed by atoms with E-state index < -0.39 is 50.2 Å². The molecule has 4 atom stereocenters. The Balaban J connectivity index is 2.28. The van der Waals surface area contributed by atoms with Crippen LogP contribution >= 0.6 is 7.82 Å². The molecule has 1 aliphatic rings. The third-order valence-corrected chi connectivity index (χ3v) is 3.85. The van der Waals surface area contributed by atoms with Crippen molar-refractivity contribution in [3.05, 3.63) is 33.1 Å². The topological polar surface area (TPSA) is 149 Å². The van der Waals surface area contributed by atoms with Gasteiger partial charge in [-0.1, -0.05) is 0 Å². The van der Waals surface area contributed by atoms with Gasteiger partial charge in [-0.2, -0.15) is 0 Å². The molecule has 1 aromatic heterocycles. The van der Waals surface area contributed by atoms with Gasteiger partial charge in [-0.15, -0.1) is 0 Å². The minimum atomic E-state index is -4.68. The Kier molecular flexibility index (Phi) is 5.53. The average molecular weight is 352 g/mol. The van der Waals surface area contributed by atoms with Gasteiger partial charge in [-0.3, -0.25) is 18.9 Å². The average Bonchev–Trinajstić information content (AvgIpc) is 2.81. The molecule has 1 aliphatic heterocycles. The molecular formula is C11H17N2O9P. The molecule has 23 heavy (non-hydrogen) atoms. The van der Waals surface area contributed by atoms with Crippen molar-refractivity contribution in [1.82, 2.24) is 9.55 Å². The maximum Gasteiger partial charge on any atom is 0.469 e. The minimum Gasteiger partial charge on any atom is -0.376 e. The molecule has 0 saturated carbocycles. The summed E-state index contributed by atoms with van der Waals surface area (Å²) in [7, 11) is -1.95. The predicted octanol–water partition coefficient (Wildman–Crippen LogP) is -1.43. The van der Waals surface area contributed by atoms with Crippen molar-refractivity contribution in [3.8, 4) is 0 Å². The summed E-state index contributed by atoms with van der Waals surface area (Å²) in [6.45, 7) is -0.461. The monoisotopic (exact) mass is 352 g/mol. The highest BCUT2D eigenvalue weighted by molar-refractivity contribution is 7.46. The maximum absolute atomic E-state index is 11.9. The Bertz CT molecular complexity index is 695. The number of aromatic amines is 1. The van der Waals surface area contributed by atoms with Crippen LogP contribution in [0.25, 0.3) is 0 Å². The summed E-state index contributed by atoms with van der Waals surface area (Å²) in [6, 6.07) is 1.14. The van der Waals surface area contributed by atoms with Crippen LogP contribution in [0, 0.1) is 0 Å². The lowest BCUT2D eigenvalue weighted by molar-refractivity contribution is -0.0620. The van der Waals surface area contributed by atoms with E-state index in [1.165, 1.54) is 20.4 Å². The van der Waals surface area contributed by atoms with Crippen molar-refractivity contribution in [2.45, 2.75) is 24.5 Å². The number of H-pyrrole nitrogens is 1.